The Kier molecular flexibility index (Phi) is 3.87. The molecule has 0 bridgehead atoms. The molecule has 1 N–H and O–H groups in total. The molecule has 120 valence electrons. The average Bonchev–Trinajstić information content (AvgIpc) is 2.52. The molecule has 0 radical (unpaired) electrons. The van der Waals surface area contributed by atoms with Gasteiger partial charge in [-0.1, -0.05) is 0 Å². The fourth-order valence-electron chi connectivity index (χ4n) is 3.87. The molecule has 0 aromatic heterocycles. The third kappa shape index (κ3) is 2.59. The van der Waals surface area contributed by atoms with Crippen molar-refractivity contribution in [1.29, 1.82) is 0 Å². The van der Waals surface area contributed by atoms with Crippen molar-refractivity contribution in [2.24, 2.45) is 5.41 Å². The number of benzene rings is 1. The predicted molar refractivity (Wildman–Crippen MR) is 83.3 cm³/mol. The molecular weight excluding hydrogens is 282 g/mol. The Bertz CT molecular complexity index is 532. The molecule has 0 unspecified atom stereocenters. The van der Waals surface area contributed by atoms with Crippen molar-refractivity contribution in [2.45, 2.75) is 31.5 Å². The van der Waals surface area contributed by atoms with Crippen LogP contribution in [0, 0.1) is 5.41 Å². The minimum absolute atomic E-state index is 0.334. The molecule has 1 saturated heterocycles. The van der Waals surface area contributed by atoms with E-state index in [-0.39, 0.29) is 5.79 Å². The van der Waals surface area contributed by atoms with Crippen LogP contribution in [0.3, 0.4) is 0 Å². The van der Waals surface area contributed by atoms with E-state index in [1.807, 2.05) is 12.1 Å². The lowest BCUT2D eigenvalue weighted by atomic mass is 9.59. The number of hydrogen-bond acceptors (Lipinski definition) is 4. The quantitative estimate of drug-likeness (QED) is 0.867. The topological polar surface area (TPSA) is 59.0 Å². The monoisotopic (exact) mass is 305 g/mol. The second-order valence-corrected chi connectivity index (χ2v) is 6.51. The number of carbonyl (C=O) groups is 1. The minimum Gasteiger partial charge on any atom is -0.478 e. The molecule has 1 heterocycles. The number of carboxylic acids is 1. The molecular formula is C17H23NO4. The first-order valence-electron chi connectivity index (χ1n) is 7.70. The standard InChI is InChI=1S/C17H23NO4/c1-21-17(22-2)11-16(12-17)7-9-18(10-8-16)14-5-3-13(4-6-14)15(19)20/h3-6H,7-12H2,1-2H3,(H,19,20). The molecule has 1 aliphatic heterocycles. The predicted octanol–water partition coefficient (Wildman–Crippen LogP) is 2.75. The zero-order chi connectivity index (χ0) is 15.8. The van der Waals surface area contributed by atoms with Crippen LogP contribution in [0.25, 0.3) is 0 Å². The lowest BCUT2D eigenvalue weighted by molar-refractivity contribution is -0.300. The van der Waals surface area contributed by atoms with Gasteiger partial charge in [0.1, 0.15) is 0 Å². The Morgan fingerprint density at radius 3 is 2.09 bits per heavy atom. The molecule has 1 aromatic rings. The molecule has 1 aliphatic carbocycles. The van der Waals surface area contributed by atoms with Crippen molar-refractivity contribution >= 4 is 11.7 Å². The van der Waals surface area contributed by atoms with Gasteiger partial charge in [-0.3, -0.25) is 0 Å². The third-order valence-corrected chi connectivity index (χ3v) is 5.34. The van der Waals surface area contributed by atoms with E-state index < -0.39 is 5.97 Å². The molecule has 3 rings (SSSR count). The molecule has 0 amide bonds. The Morgan fingerprint density at radius 2 is 1.64 bits per heavy atom. The fraction of sp³-hybridized carbons (Fsp3) is 0.588. The van der Waals surface area contributed by atoms with E-state index in [0.29, 0.717) is 11.0 Å². The van der Waals surface area contributed by atoms with Crippen LogP contribution < -0.4 is 4.90 Å². The molecule has 1 spiro atoms. The smallest absolute Gasteiger partial charge is 0.335 e. The van der Waals surface area contributed by atoms with Gasteiger partial charge in [-0.25, -0.2) is 4.79 Å². The molecule has 1 saturated carbocycles. The maximum Gasteiger partial charge on any atom is 0.335 e. The van der Waals surface area contributed by atoms with E-state index in [9.17, 15) is 4.79 Å². The zero-order valence-corrected chi connectivity index (χ0v) is 13.2. The summed E-state index contributed by atoms with van der Waals surface area (Å²) in [5.41, 5.74) is 1.79. The van der Waals surface area contributed by atoms with Crippen molar-refractivity contribution in [3.8, 4) is 0 Å². The average molecular weight is 305 g/mol. The molecule has 1 aromatic carbocycles. The van der Waals surface area contributed by atoms with Crippen LogP contribution in [0.1, 0.15) is 36.0 Å². The number of carboxylic acid groups (broad SMARTS) is 1. The number of aromatic carboxylic acids is 1. The summed E-state index contributed by atoms with van der Waals surface area (Å²) >= 11 is 0. The van der Waals surface area contributed by atoms with Gasteiger partial charge in [0, 0.05) is 45.8 Å². The summed E-state index contributed by atoms with van der Waals surface area (Å²) in [4.78, 5) is 13.2. The lowest BCUT2D eigenvalue weighted by Crippen LogP contribution is -2.58. The van der Waals surface area contributed by atoms with E-state index in [1.54, 1.807) is 26.4 Å². The second kappa shape index (κ2) is 5.56. The Morgan fingerprint density at radius 1 is 1.09 bits per heavy atom. The number of piperidine rings is 1. The van der Waals surface area contributed by atoms with Gasteiger partial charge < -0.3 is 19.5 Å². The lowest BCUT2D eigenvalue weighted by Gasteiger charge is -2.57. The number of anilines is 1. The number of ether oxygens (including phenoxy) is 2. The SMILES string of the molecule is COC1(OC)CC2(CCN(c3ccc(C(=O)O)cc3)CC2)C1. The van der Waals surface area contributed by atoms with Crippen LogP contribution in [0.15, 0.2) is 24.3 Å². The van der Waals surface area contributed by atoms with Crippen LogP contribution >= 0.6 is 0 Å². The first-order valence-corrected chi connectivity index (χ1v) is 7.70. The molecule has 5 nitrogen and oxygen atoms in total. The van der Waals surface area contributed by atoms with Crippen LogP contribution in [0.5, 0.6) is 0 Å². The summed E-state index contributed by atoms with van der Waals surface area (Å²) < 4.78 is 11.0. The zero-order valence-electron chi connectivity index (χ0n) is 13.2. The van der Waals surface area contributed by atoms with E-state index in [1.165, 1.54) is 0 Å². The molecule has 5 heteroatoms. The van der Waals surface area contributed by atoms with Crippen molar-refractivity contribution in [3.63, 3.8) is 0 Å². The van der Waals surface area contributed by atoms with Crippen LogP contribution in [0.2, 0.25) is 0 Å². The van der Waals surface area contributed by atoms with Gasteiger partial charge in [-0.15, -0.1) is 0 Å². The number of rotatable bonds is 4. The van der Waals surface area contributed by atoms with Gasteiger partial charge in [0.05, 0.1) is 5.56 Å². The van der Waals surface area contributed by atoms with Gasteiger partial charge in [0.15, 0.2) is 5.79 Å². The van der Waals surface area contributed by atoms with Crippen LogP contribution in [0.4, 0.5) is 5.69 Å². The van der Waals surface area contributed by atoms with E-state index in [4.69, 9.17) is 14.6 Å². The Balaban J connectivity index is 1.59. The number of nitrogens with zero attached hydrogens (tertiary/aromatic N) is 1. The van der Waals surface area contributed by atoms with E-state index >= 15 is 0 Å². The highest BCUT2D eigenvalue weighted by Gasteiger charge is 2.56. The third-order valence-electron chi connectivity index (χ3n) is 5.34. The van der Waals surface area contributed by atoms with Crippen molar-refractivity contribution in [2.75, 3.05) is 32.2 Å². The first-order chi connectivity index (χ1) is 10.5. The fourth-order valence-corrected chi connectivity index (χ4v) is 3.87. The first kappa shape index (κ1) is 15.3. The van der Waals surface area contributed by atoms with Gasteiger partial charge in [-0.05, 0) is 42.5 Å². The molecule has 2 fully saturated rings. The van der Waals surface area contributed by atoms with Gasteiger partial charge >= 0.3 is 5.97 Å². The minimum atomic E-state index is -0.880. The van der Waals surface area contributed by atoms with Gasteiger partial charge in [0.25, 0.3) is 0 Å². The summed E-state index contributed by atoms with van der Waals surface area (Å²) in [7, 11) is 3.44. The number of hydrogen-bond donors (Lipinski definition) is 1. The number of methoxy groups -OCH3 is 2. The summed E-state index contributed by atoms with van der Waals surface area (Å²) in [6.45, 7) is 1.99. The Labute approximate surface area is 130 Å². The maximum absolute atomic E-state index is 10.9. The summed E-state index contributed by atoms with van der Waals surface area (Å²) in [6.07, 6.45) is 4.20. The van der Waals surface area contributed by atoms with Gasteiger partial charge in [-0.2, -0.15) is 0 Å². The summed E-state index contributed by atoms with van der Waals surface area (Å²) in [6, 6.07) is 7.15. The van der Waals surface area contributed by atoms with E-state index in [0.717, 1.165) is 44.5 Å². The molecule has 0 atom stereocenters. The molecule has 22 heavy (non-hydrogen) atoms. The van der Waals surface area contributed by atoms with Crippen molar-refractivity contribution in [1.82, 2.24) is 0 Å². The largest absolute Gasteiger partial charge is 0.478 e. The van der Waals surface area contributed by atoms with Crippen molar-refractivity contribution in [3.05, 3.63) is 29.8 Å². The Hall–Kier alpha value is -1.59. The maximum atomic E-state index is 10.9. The second-order valence-electron chi connectivity index (χ2n) is 6.51. The van der Waals surface area contributed by atoms with Crippen LogP contribution in [-0.2, 0) is 9.47 Å². The highest BCUT2D eigenvalue weighted by atomic mass is 16.7. The summed E-state index contributed by atoms with van der Waals surface area (Å²) in [5, 5.41) is 8.95. The van der Waals surface area contributed by atoms with Crippen LogP contribution in [-0.4, -0.2) is 44.2 Å². The van der Waals surface area contributed by atoms with Gasteiger partial charge in [0.2, 0.25) is 0 Å². The highest BCUT2D eigenvalue weighted by molar-refractivity contribution is 5.88. The highest BCUT2D eigenvalue weighted by Crippen LogP contribution is 2.56. The normalized spacial score (nSPS) is 22.4. The molecule has 2 aliphatic rings. The van der Waals surface area contributed by atoms with Crippen molar-refractivity contribution < 1.29 is 19.4 Å². The summed E-state index contributed by atoms with van der Waals surface area (Å²) in [5.74, 6) is -1.25. The van der Waals surface area contributed by atoms with E-state index in [2.05, 4.69) is 4.90 Å².